The summed E-state index contributed by atoms with van der Waals surface area (Å²) in [6.07, 6.45) is 0. The average Bonchev–Trinajstić information content (AvgIpc) is 1.35. The molecule has 36 valence electrons. The Morgan fingerprint density at radius 1 is 1.67 bits per heavy atom. The summed E-state index contributed by atoms with van der Waals surface area (Å²) in [5.74, 6) is 0. The maximum atomic E-state index is 9.35. The largest absolute Gasteiger partial charge is 0.424 e. The van der Waals surface area contributed by atoms with Crippen molar-refractivity contribution in [2.75, 3.05) is 0 Å². The maximum Gasteiger partial charge on any atom is 0.297 e. The third-order valence-electron chi connectivity index (χ3n) is 0.123. The van der Waals surface area contributed by atoms with Gasteiger partial charge >= 0.3 is 0 Å². The minimum Gasteiger partial charge on any atom is -0.424 e. The van der Waals surface area contributed by atoms with Crippen molar-refractivity contribution in [3.05, 3.63) is 0 Å². The van der Waals surface area contributed by atoms with E-state index in [1.54, 1.807) is 0 Å². The molecule has 0 heterocycles. The van der Waals surface area contributed by atoms with Gasteiger partial charge in [0.05, 0.1) is 0 Å². The highest BCUT2D eigenvalue weighted by Crippen LogP contribution is 2.52. The fourth-order valence-corrected chi connectivity index (χ4v) is 0.507. The minimum atomic E-state index is -0.844. The standard InChI is InChI=1S/CHBr2O2P/c2-6(3)5-1-4/h1H. The molecule has 0 N–H and O–H groups in total. The van der Waals surface area contributed by atoms with Gasteiger partial charge in [-0.1, -0.05) is 0 Å². The van der Waals surface area contributed by atoms with E-state index in [0.29, 0.717) is 6.47 Å². The van der Waals surface area contributed by atoms with E-state index in [1.165, 1.54) is 0 Å². The summed E-state index contributed by atoms with van der Waals surface area (Å²) in [5.41, 5.74) is -0.844. The predicted octanol–water partition coefficient (Wildman–Crippen LogP) is 2.18. The summed E-state index contributed by atoms with van der Waals surface area (Å²) in [6.45, 7) is 0.384. The van der Waals surface area contributed by atoms with E-state index < -0.39 is 5.55 Å². The Bertz CT molecular complexity index is 46.8. The van der Waals surface area contributed by atoms with Crippen molar-refractivity contribution in [2.24, 2.45) is 0 Å². The Kier molecular flexibility index (Phi) is 4.61. The number of halogens is 2. The molecule has 0 amide bonds. The molecule has 0 rings (SSSR count). The molecule has 0 atom stereocenters. The molecule has 2 nitrogen and oxygen atoms in total. The summed E-state index contributed by atoms with van der Waals surface area (Å²) in [7, 11) is 0. The molecular weight excluding hydrogens is 235 g/mol. The van der Waals surface area contributed by atoms with Crippen LogP contribution in [-0.2, 0) is 9.32 Å². The summed E-state index contributed by atoms with van der Waals surface area (Å²) in [6, 6.07) is 0. The number of carbonyl (C=O) groups is 1. The van der Waals surface area contributed by atoms with Gasteiger partial charge in [-0.2, -0.15) is 0 Å². The first-order chi connectivity index (χ1) is 2.77. The van der Waals surface area contributed by atoms with Crippen LogP contribution < -0.4 is 0 Å². The fraction of sp³-hybridized carbons (Fsp3) is 0. The van der Waals surface area contributed by atoms with Crippen LogP contribution in [0, 0.1) is 0 Å². The van der Waals surface area contributed by atoms with E-state index in [2.05, 4.69) is 35.5 Å². The van der Waals surface area contributed by atoms with Crippen LogP contribution >= 0.6 is 36.5 Å². The van der Waals surface area contributed by atoms with Crippen LogP contribution in [0.2, 0.25) is 0 Å². The van der Waals surface area contributed by atoms with Gasteiger partial charge in [-0.05, 0) is 31.0 Å². The lowest BCUT2D eigenvalue weighted by Gasteiger charge is -1.89. The summed E-state index contributed by atoms with van der Waals surface area (Å²) in [4.78, 5) is 9.35. The van der Waals surface area contributed by atoms with Crippen molar-refractivity contribution < 1.29 is 9.32 Å². The van der Waals surface area contributed by atoms with Crippen molar-refractivity contribution in [3.63, 3.8) is 0 Å². The van der Waals surface area contributed by atoms with Gasteiger partial charge in [0.25, 0.3) is 6.47 Å². The van der Waals surface area contributed by atoms with E-state index in [4.69, 9.17) is 0 Å². The van der Waals surface area contributed by atoms with Crippen molar-refractivity contribution in [3.8, 4) is 0 Å². The summed E-state index contributed by atoms with van der Waals surface area (Å²) in [5, 5.41) is 0. The molecule has 0 unspecified atom stereocenters. The van der Waals surface area contributed by atoms with Crippen LogP contribution in [0.4, 0.5) is 0 Å². The third-order valence-corrected chi connectivity index (χ3v) is 1.37. The van der Waals surface area contributed by atoms with Crippen molar-refractivity contribution in [2.45, 2.75) is 0 Å². The molecule has 0 saturated carbocycles. The highest BCUT2D eigenvalue weighted by Gasteiger charge is 1.91. The molecule has 0 aromatic carbocycles. The Morgan fingerprint density at radius 2 is 2.17 bits per heavy atom. The van der Waals surface area contributed by atoms with Crippen LogP contribution in [-0.4, -0.2) is 6.47 Å². The monoisotopic (exact) mass is 234 g/mol. The maximum absolute atomic E-state index is 9.35. The first-order valence-corrected chi connectivity index (χ1v) is 6.29. The van der Waals surface area contributed by atoms with E-state index in [0.717, 1.165) is 0 Å². The van der Waals surface area contributed by atoms with Crippen LogP contribution in [0.15, 0.2) is 0 Å². The van der Waals surface area contributed by atoms with Crippen molar-refractivity contribution in [1.82, 2.24) is 0 Å². The quantitative estimate of drug-likeness (QED) is 0.542. The molecule has 0 aliphatic carbocycles. The lowest BCUT2D eigenvalue weighted by atomic mass is 11.7. The van der Waals surface area contributed by atoms with Crippen LogP contribution in [0.25, 0.3) is 0 Å². The smallest absolute Gasteiger partial charge is 0.297 e. The van der Waals surface area contributed by atoms with Gasteiger partial charge in [0, 0.05) is 0 Å². The number of carbonyl (C=O) groups excluding carboxylic acids is 1. The molecule has 0 radical (unpaired) electrons. The average molecular weight is 236 g/mol. The van der Waals surface area contributed by atoms with Gasteiger partial charge in [-0.3, -0.25) is 4.79 Å². The lowest BCUT2D eigenvalue weighted by molar-refractivity contribution is -0.119. The predicted molar refractivity (Wildman–Crippen MR) is 31.9 cm³/mol. The SMILES string of the molecule is O=COP(Br)Br. The zero-order valence-electron chi connectivity index (χ0n) is 2.60. The Hall–Kier alpha value is 0.860. The van der Waals surface area contributed by atoms with Crippen molar-refractivity contribution in [1.29, 1.82) is 0 Å². The molecule has 0 aromatic rings. The molecule has 6 heavy (non-hydrogen) atoms. The molecule has 0 aliphatic heterocycles. The zero-order chi connectivity index (χ0) is 4.99. The van der Waals surface area contributed by atoms with Gasteiger partial charge in [0.2, 0.25) is 5.55 Å². The van der Waals surface area contributed by atoms with Gasteiger partial charge in [-0.15, -0.1) is 0 Å². The number of rotatable bonds is 2. The molecule has 0 spiro atoms. The Labute approximate surface area is 52.6 Å². The van der Waals surface area contributed by atoms with E-state index >= 15 is 0 Å². The first-order valence-electron chi connectivity index (χ1n) is 0.992. The van der Waals surface area contributed by atoms with Crippen LogP contribution in [0.5, 0.6) is 0 Å². The summed E-state index contributed by atoms with van der Waals surface area (Å²) < 4.78 is 4.26. The minimum absolute atomic E-state index is 0.384. The second kappa shape index (κ2) is 4.03. The van der Waals surface area contributed by atoms with Gasteiger partial charge in [-0.25, -0.2) is 0 Å². The molecule has 0 bridgehead atoms. The topological polar surface area (TPSA) is 26.3 Å². The molecular formula is CHBr2O2P. The Morgan fingerprint density at radius 3 is 2.17 bits per heavy atom. The van der Waals surface area contributed by atoms with E-state index in [1.807, 2.05) is 0 Å². The Balaban J connectivity index is 2.81. The van der Waals surface area contributed by atoms with E-state index in [9.17, 15) is 4.79 Å². The number of hydrogen-bond donors (Lipinski definition) is 0. The second-order valence-electron chi connectivity index (χ2n) is 0.404. The van der Waals surface area contributed by atoms with Gasteiger partial charge in [0.1, 0.15) is 0 Å². The van der Waals surface area contributed by atoms with Crippen molar-refractivity contribution >= 4 is 43.0 Å². The normalized spacial score (nSPS) is 8.50. The molecule has 0 aliphatic rings. The lowest BCUT2D eigenvalue weighted by Crippen LogP contribution is -1.64. The molecule has 5 heteroatoms. The van der Waals surface area contributed by atoms with Crippen LogP contribution in [0.3, 0.4) is 0 Å². The highest BCUT2D eigenvalue weighted by molar-refractivity contribution is 9.68. The number of hydrogen-bond acceptors (Lipinski definition) is 2. The third kappa shape index (κ3) is 4.86. The van der Waals surface area contributed by atoms with Crippen LogP contribution in [0.1, 0.15) is 0 Å². The van der Waals surface area contributed by atoms with Gasteiger partial charge in [0.15, 0.2) is 0 Å². The molecule has 0 saturated heterocycles. The first kappa shape index (κ1) is 6.86. The zero-order valence-corrected chi connectivity index (χ0v) is 6.66. The fourth-order valence-electron chi connectivity index (χ4n) is 0.0325. The highest BCUT2D eigenvalue weighted by atomic mass is 79.9. The summed E-state index contributed by atoms with van der Waals surface area (Å²) >= 11 is 5.93. The van der Waals surface area contributed by atoms with Gasteiger partial charge < -0.3 is 4.52 Å². The van der Waals surface area contributed by atoms with E-state index in [-0.39, 0.29) is 0 Å². The molecule has 0 aromatic heterocycles. The molecule has 0 fully saturated rings. The second-order valence-corrected chi connectivity index (χ2v) is 7.74.